The van der Waals surface area contributed by atoms with Gasteiger partial charge in [-0.25, -0.2) is 0 Å². The van der Waals surface area contributed by atoms with Gasteiger partial charge in [-0.3, -0.25) is 4.79 Å². The van der Waals surface area contributed by atoms with E-state index in [4.69, 9.17) is 28.3 Å². The number of aliphatic hydroxyl groups is 5. The van der Waals surface area contributed by atoms with Crippen LogP contribution < -0.4 is 5.32 Å². The Hall–Kier alpha value is -1.75. The van der Waals surface area contributed by atoms with Crippen molar-refractivity contribution >= 4 is 29.1 Å². The molecule has 0 saturated carbocycles. The van der Waals surface area contributed by atoms with Crippen LogP contribution in [0, 0.1) is 0 Å². The lowest BCUT2D eigenvalue weighted by Crippen LogP contribution is -2.49. The molecule has 0 aliphatic carbocycles. The highest BCUT2D eigenvalue weighted by Crippen LogP contribution is 2.38. The fourth-order valence-electron chi connectivity index (χ4n) is 4.01. The molecule has 1 heterocycles. The number of rotatable bonds is 8. The number of fused-ring (bicyclic) bond motifs is 1. The van der Waals surface area contributed by atoms with Crippen LogP contribution in [-0.4, -0.2) is 87.5 Å². The molecule has 33 heavy (non-hydrogen) atoms. The average molecular weight is 499 g/mol. The van der Waals surface area contributed by atoms with E-state index in [0.717, 1.165) is 16.7 Å². The first-order valence-electron chi connectivity index (χ1n) is 10.5. The number of likely N-dealkylation sites (N-methyl/N-ethyl adjacent to an activating group) is 1. The number of carbonyl (C=O) groups excluding carboxylic acids is 1. The summed E-state index contributed by atoms with van der Waals surface area (Å²) in [5, 5.41) is 51.5. The van der Waals surface area contributed by atoms with Gasteiger partial charge in [0.05, 0.1) is 12.7 Å². The molecule has 3 rings (SSSR count). The van der Waals surface area contributed by atoms with Crippen molar-refractivity contribution in [2.45, 2.75) is 36.9 Å². The van der Waals surface area contributed by atoms with E-state index >= 15 is 0 Å². The van der Waals surface area contributed by atoms with Gasteiger partial charge in [-0.2, -0.15) is 0 Å². The van der Waals surface area contributed by atoms with Crippen LogP contribution >= 0.6 is 23.2 Å². The maximum Gasteiger partial charge on any atom is 0.251 e. The van der Waals surface area contributed by atoms with E-state index in [0.29, 0.717) is 28.7 Å². The number of aliphatic hydroxyl groups excluding tert-OH is 5. The minimum absolute atomic E-state index is 0.0507. The summed E-state index contributed by atoms with van der Waals surface area (Å²) in [5.41, 5.74) is 3.26. The predicted octanol–water partition coefficient (Wildman–Crippen LogP) is 0.736. The molecule has 6 N–H and O–H groups in total. The minimum atomic E-state index is -1.76. The number of nitrogens with zero attached hydrogens (tertiary/aromatic N) is 1. The quantitative estimate of drug-likeness (QED) is 0.316. The second-order valence-corrected chi connectivity index (χ2v) is 9.18. The molecule has 1 amide bonds. The van der Waals surface area contributed by atoms with Crippen LogP contribution in [-0.2, 0) is 6.54 Å². The molecule has 0 spiro atoms. The Kier molecular flexibility index (Phi) is 8.71. The SMILES string of the molecule is CN1Cc2c(Cl)cc(Cl)cc2C(c2cccc(C(=O)NCC(O)C(O)C(O)C(O)CO)c2)C1. The van der Waals surface area contributed by atoms with Gasteiger partial charge in [0.15, 0.2) is 0 Å². The van der Waals surface area contributed by atoms with E-state index in [-0.39, 0.29) is 12.5 Å². The standard InChI is InChI=1S/C23H28Cl2N2O6/c1-27-9-16(15-6-14(24)7-18(25)17(15)10-27)12-3-2-4-13(5-12)23(33)26-8-19(29)21(31)22(32)20(30)11-28/h2-7,16,19-22,28-32H,8-11H2,1H3,(H,26,33). The molecule has 5 unspecified atom stereocenters. The number of benzene rings is 2. The predicted molar refractivity (Wildman–Crippen MR) is 125 cm³/mol. The molecule has 5 atom stereocenters. The highest BCUT2D eigenvalue weighted by Gasteiger charge is 2.31. The van der Waals surface area contributed by atoms with Crippen molar-refractivity contribution in [1.82, 2.24) is 10.2 Å². The van der Waals surface area contributed by atoms with Gasteiger partial charge in [0, 0.05) is 41.2 Å². The highest BCUT2D eigenvalue weighted by atomic mass is 35.5. The second-order valence-electron chi connectivity index (χ2n) is 8.34. The van der Waals surface area contributed by atoms with Gasteiger partial charge in [-0.15, -0.1) is 0 Å². The fourth-order valence-corrected chi connectivity index (χ4v) is 4.58. The van der Waals surface area contributed by atoms with Gasteiger partial charge in [0.1, 0.15) is 18.3 Å². The zero-order valence-corrected chi connectivity index (χ0v) is 19.5. The van der Waals surface area contributed by atoms with Crippen LogP contribution in [0.25, 0.3) is 0 Å². The minimum Gasteiger partial charge on any atom is -0.394 e. The third-order valence-electron chi connectivity index (χ3n) is 5.84. The molecule has 1 aliphatic rings. The molecular weight excluding hydrogens is 471 g/mol. The van der Waals surface area contributed by atoms with Crippen LogP contribution in [0.15, 0.2) is 36.4 Å². The number of amides is 1. The summed E-state index contributed by atoms with van der Waals surface area (Å²) in [6.07, 6.45) is -6.66. The lowest BCUT2D eigenvalue weighted by atomic mass is 9.84. The van der Waals surface area contributed by atoms with E-state index in [1.54, 1.807) is 24.3 Å². The normalized spacial score (nSPS) is 19.9. The Morgan fingerprint density at radius 2 is 1.82 bits per heavy atom. The molecule has 0 radical (unpaired) electrons. The molecule has 8 nitrogen and oxygen atoms in total. The molecule has 0 bridgehead atoms. The van der Waals surface area contributed by atoms with Gasteiger partial charge in [0.2, 0.25) is 0 Å². The molecule has 0 saturated heterocycles. The number of halogens is 2. The van der Waals surface area contributed by atoms with Gasteiger partial charge in [0.25, 0.3) is 5.91 Å². The average Bonchev–Trinajstić information content (AvgIpc) is 2.80. The van der Waals surface area contributed by atoms with Crippen molar-refractivity contribution in [3.8, 4) is 0 Å². The van der Waals surface area contributed by atoms with Gasteiger partial charge in [-0.1, -0.05) is 35.3 Å². The summed E-state index contributed by atoms with van der Waals surface area (Å²) in [5.74, 6) is -0.529. The van der Waals surface area contributed by atoms with Crippen molar-refractivity contribution in [3.63, 3.8) is 0 Å². The number of nitrogens with one attached hydrogen (secondary N) is 1. The highest BCUT2D eigenvalue weighted by molar-refractivity contribution is 6.35. The van der Waals surface area contributed by atoms with Crippen molar-refractivity contribution in [1.29, 1.82) is 0 Å². The maximum atomic E-state index is 12.7. The van der Waals surface area contributed by atoms with E-state index in [1.165, 1.54) is 0 Å². The Morgan fingerprint density at radius 1 is 1.12 bits per heavy atom. The van der Waals surface area contributed by atoms with Gasteiger partial charge >= 0.3 is 0 Å². The molecule has 2 aromatic carbocycles. The van der Waals surface area contributed by atoms with Crippen LogP contribution in [0.2, 0.25) is 10.0 Å². The van der Waals surface area contributed by atoms with E-state index < -0.39 is 36.9 Å². The summed E-state index contributed by atoms with van der Waals surface area (Å²) in [6, 6.07) is 10.7. The van der Waals surface area contributed by atoms with Crippen molar-refractivity contribution in [2.24, 2.45) is 0 Å². The monoisotopic (exact) mass is 498 g/mol. The summed E-state index contributed by atoms with van der Waals surface area (Å²) in [6.45, 7) is 0.267. The molecule has 0 aromatic heterocycles. The zero-order valence-electron chi connectivity index (χ0n) is 18.0. The summed E-state index contributed by atoms with van der Waals surface area (Å²) in [7, 11) is 1.99. The Bertz CT molecular complexity index is 991. The van der Waals surface area contributed by atoms with Crippen LogP contribution in [0.5, 0.6) is 0 Å². The molecular formula is C23H28Cl2N2O6. The lowest BCUT2D eigenvalue weighted by Gasteiger charge is -2.33. The van der Waals surface area contributed by atoms with Crippen LogP contribution in [0.1, 0.15) is 33.0 Å². The Labute approximate surface area is 202 Å². The van der Waals surface area contributed by atoms with Crippen LogP contribution in [0.3, 0.4) is 0 Å². The van der Waals surface area contributed by atoms with Crippen LogP contribution in [0.4, 0.5) is 0 Å². The Balaban J connectivity index is 1.75. The third-order valence-corrected chi connectivity index (χ3v) is 6.40. The molecule has 0 fully saturated rings. The first-order chi connectivity index (χ1) is 15.6. The number of hydrogen-bond acceptors (Lipinski definition) is 7. The summed E-state index contributed by atoms with van der Waals surface area (Å²) < 4.78 is 0. The van der Waals surface area contributed by atoms with Gasteiger partial charge < -0.3 is 35.7 Å². The van der Waals surface area contributed by atoms with Crippen molar-refractivity contribution in [3.05, 3.63) is 68.7 Å². The van der Waals surface area contributed by atoms with E-state index in [1.807, 2.05) is 19.2 Å². The second kappa shape index (κ2) is 11.1. The van der Waals surface area contributed by atoms with Gasteiger partial charge in [-0.05, 0) is 48.0 Å². The smallest absolute Gasteiger partial charge is 0.251 e. The Morgan fingerprint density at radius 3 is 2.52 bits per heavy atom. The topological polar surface area (TPSA) is 133 Å². The number of hydrogen-bond donors (Lipinski definition) is 6. The van der Waals surface area contributed by atoms with Crippen molar-refractivity contribution in [2.75, 3.05) is 26.7 Å². The number of carbonyl (C=O) groups is 1. The summed E-state index contributed by atoms with van der Waals surface area (Å²) >= 11 is 12.7. The van der Waals surface area contributed by atoms with E-state index in [9.17, 15) is 25.2 Å². The largest absolute Gasteiger partial charge is 0.394 e. The molecule has 2 aromatic rings. The first-order valence-corrected chi connectivity index (χ1v) is 11.3. The van der Waals surface area contributed by atoms with E-state index in [2.05, 4.69) is 10.2 Å². The molecule has 180 valence electrons. The lowest BCUT2D eigenvalue weighted by molar-refractivity contribution is -0.113. The maximum absolute atomic E-state index is 12.7. The first kappa shape index (κ1) is 25.9. The third kappa shape index (κ3) is 6.03. The van der Waals surface area contributed by atoms with Crippen molar-refractivity contribution < 1.29 is 30.3 Å². The molecule has 10 heteroatoms. The fraction of sp³-hybridized carbons (Fsp3) is 0.435. The molecule has 1 aliphatic heterocycles. The summed E-state index contributed by atoms with van der Waals surface area (Å²) in [4.78, 5) is 14.8. The zero-order chi connectivity index (χ0) is 24.3.